The molecule has 30 heavy (non-hydrogen) atoms. The van der Waals surface area contributed by atoms with Gasteiger partial charge in [0.1, 0.15) is 0 Å². The Hall–Kier alpha value is -1.53. The molecule has 0 radical (unpaired) electrons. The fourth-order valence-electron chi connectivity index (χ4n) is 4.10. The fraction of sp³-hybridized carbons (Fsp3) is 0.500. The fourth-order valence-corrected chi connectivity index (χ4v) is 4.73. The SMILES string of the molecule is CC#N.CCCN(CCCc1ccc(C2CC(Cl)C(Cl)C2)cc1)Cc1ccccc1. The zero-order valence-electron chi connectivity index (χ0n) is 18.2. The Morgan fingerprint density at radius 2 is 1.53 bits per heavy atom. The first-order valence-electron chi connectivity index (χ1n) is 11.0. The van der Waals surface area contributed by atoms with Gasteiger partial charge in [-0.05, 0) is 67.8 Å². The summed E-state index contributed by atoms with van der Waals surface area (Å²) in [6.07, 6.45) is 5.53. The van der Waals surface area contributed by atoms with Crippen molar-refractivity contribution < 1.29 is 0 Å². The molecule has 1 fully saturated rings. The lowest BCUT2D eigenvalue weighted by Crippen LogP contribution is -2.25. The second kappa shape index (κ2) is 13.7. The van der Waals surface area contributed by atoms with Gasteiger partial charge in [0.05, 0.1) is 16.8 Å². The van der Waals surface area contributed by atoms with E-state index in [2.05, 4.69) is 66.4 Å². The summed E-state index contributed by atoms with van der Waals surface area (Å²) in [4.78, 5) is 2.57. The number of aryl methyl sites for hydroxylation is 1. The first kappa shape index (κ1) is 24.7. The molecular weight excluding hydrogens is 411 g/mol. The van der Waals surface area contributed by atoms with E-state index in [-0.39, 0.29) is 10.8 Å². The van der Waals surface area contributed by atoms with E-state index in [1.54, 1.807) is 6.07 Å². The number of nitrogens with zero attached hydrogens (tertiary/aromatic N) is 2. The summed E-state index contributed by atoms with van der Waals surface area (Å²) in [6, 6.07) is 21.7. The number of alkyl halides is 2. The van der Waals surface area contributed by atoms with E-state index in [0.29, 0.717) is 5.92 Å². The standard InChI is InChI=1S/C24H31Cl2N.C2H3N/c1-2-14-27(18-20-7-4-3-5-8-20)15-6-9-19-10-12-21(13-11-19)22-16-23(25)24(26)17-22;1-2-3/h3-5,7-8,10-13,22-24H,2,6,9,14-18H2,1H3;1H3. The quantitative estimate of drug-likeness (QED) is 0.383. The van der Waals surface area contributed by atoms with Gasteiger partial charge >= 0.3 is 0 Å². The van der Waals surface area contributed by atoms with Crippen LogP contribution in [0.3, 0.4) is 0 Å². The van der Waals surface area contributed by atoms with Gasteiger partial charge < -0.3 is 0 Å². The molecule has 0 N–H and O–H groups in total. The Morgan fingerprint density at radius 3 is 2.10 bits per heavy atom. The van der Waals surface area contributed by atoms with Crippen LogP contribution < -0.4 is 0 Å². The second-order valence-electron chi connectivity index (χ2n) is 8.03. The Labute approximate surface area is 192 Å². The summed E-state index contributed by atoms with van der Waals surface area (Å²) in [5.41, 5.74) is 4.23. The molecule has 0 spiro atoms. The van der Waals surface area contributed by atoms with Crippen molar-refractivity contribution in [1.82, 2.24) is 4.90 Å². The monoisotopic (exact) mass is 444 g/mol. The maximum Gasteiger partial charge on any atom is 0.0587 e. The Morgan fingerprint density at radius 1 is 0.933 bits per heavy atom. The van der Waals surface area contributed by atoms with Crippen LogP contribution in [0.2, 0.25) is 0 Å². The summed E-state index contributed by atoms with van der Waals surface area (Å²) < 4.78 is 0. The topological polar surface area (TPSA) is 27.0 Å². The number of halogens is 2. The van der Waals surface area contributed by atoms with E-state index < -0.39 is 0 Å². The molecule has 0 aliphatic heterocycles. The van der Waals surface area contributed by atoms with Crippen LogP contribution >= 0.6 is 23.2 Å². The molecule has 3 rings (SSSR count). The third-order valence-corrected chi connectivity index (χ3v) is 6.69. The highest BCUT2D eigenvalue weighted by Gasteiger charge is 2.32. The molecule has 0 saturated heterocycles. The molecule has 2 atom stereocenters. The van der Waals surface area contributed by atoms with Gasteiger partial charge in [-0.3, -0.25) is 4.90 Å². The first-order chi connectivity index (χ1) is 14.6. The molecule has 4 heteroatoms. The van der Waals surface area contributed by atoms with E-state index in [9.17, 15) is 0 Å². The van der Waals surface area contributed by atoms with Crippen LogP contribution in [0.25, 0.3) is 0 Å². The van der Waals surface area contributed by atoms with Crippen molar-refractivity contribution in [2.24, 2.45) is 0 Å². The maximum absolute atomic E-state index is 7.32. The molecule has 162 valence electrons. The van der Waals surface area contributed by atoms with Crippen molar-refractivity contribution in [2.45, 2.75) is 69.2 Å². The average Bonchev–Trinajstić information content (AvgIpc) is 3.08. The molecule has 0 amide bonds. The van der Waals surface area contributed by atoms with E-state index >= 15 is 0 Å². The number of benzene rings is 2. The summed E-state index contributed by atoms with van der Waals surface area (Å²) in [7, 11) is 0. The normalized spacial score (nSPS) is 20.5. The summed E-state index contributed by atoms with van der Waals surface area (Å²) in [5, 5.41) is 7.55. The van der Waals surface area contributed by atoms with Crippen molar-refractivity contribution in [2.75, 3.05) is 13.1 Å². The van der Waals surface area contributed by atoms with Gasteiger partial charge in [-0.1, -0.05) is 61.5 Å². The van der Waals surface area contributed by atoms with Gasteiger partial charge in [-0.15, -0.1) is 23.2 Å². The van der Waals surface area contributed by atoms with Crippen molar-refractivity contribution in [3.63, 3.8) is 0 Å². The van der Waals surface area contributed by atoms with Gasteiger partial charge in [-0.25, -0.2) is 0 Å². The summed E-state index contributed by atoms with van der Waals surface area (Å²) in [5.74, 6) is 0.523. The van der Waals surface area contributed by atoms with Gasteiger partial charge in [0.15, 0.2) is 0 Å². The van der Waals surface area contributed by atoms with Crippen LogP contribution in [0.1, 0.15) is 62.1 Å². The minimum absolute atomic E-state index is 0.116. The van der Waals surface area contributed by atoms with Crippen LogP contribution in [0.5, 0.6) is 0 Å². The third-order valence-electron chi connectivity index (χ3n) is 5.59. The molecule has 1 aliphatic carbocycles. The van der Waals surface area contributed by atoms with E-state index in [4.69, 9.17) is 28.5 Å². The zero-order chi connectivity index (χ0) is 21.8. The largest absolute Gasteiger partial charge is 0.299 e. The third kappa shape index (κ3) is 8.31. The van der Waals surface area contributed by atoms with Crippen molar-refractivity contribution >= 4 is 23.2 Å². The number of rotatable bonds is 9. The summed E-state index contributed by atoms with van der Waals surface area (Å²) >= 11 is 12.6. The zero-order valence-corrected chi connectivity index (χ0v) is 19.7. The molecule has 2 nitrogen and oxygen atoms in total. The van der Waals surface area contributed by atoms with Gasteiger partial charge in [0, 0.05) is 13.5 Å². The molecular formula is C26H34Cl2N2. The van der Waals surface area contributed by atoms with Crippen LogP contribution in [0.4, 0.5) is 0 Å². The maximum atomic E-state index is 7.32. The number of nitriles is 1. The number of hydrogen-bond donors (Lipinski definition) is 0. The molecule has 2 aromatic carbocycles. The van der Waals surface area contributed by atoms with Crippen molar-refractivity contribution in [1.29, 1.82) is 5.26 Å². The molecule has 1 aliphatic rings. The lowest BCUT2D eigenvalue weighted by molar-refractivity contribution is 0.262. The minimum atomic E-state index is 0.116. The lowest BCUT2D eigenvalue weighted by Gasteiger charge is -2.22. The highest BCUT2D eigenvalue weighted by molar-refractivity contribution is 6.30. The molecule has 1 saturated carbocycles. The summed E-state index contributed by atoms with van der Waals surface area (Å²) in [6.45, 7) is 7.05. The average molecular weight is 445 g/mol. The molecule has 2 unspecified atom stereocenters. The highest BCUT2D eigenvalue weighted by atomic mass is 35.5. The minimum Gasteiger partial charge on any atom is -0.299 e. The predicted octanol–water partition coefficient (Wildman–Crippen LogP) is 7.15. The molecule has 0 aromatic heterocycles. The van der Waals surface area contributed by atoms with Crippen molar-refractivity contribution in [3.8, 4) is 6.07 Å². The predicted molar refractivity (Wildman–Crippen MR) is 129 cm³/mol. The molecule has 0 heterocycles. The lowest BCUT2D eigenvalue weighted by atomic mass is 9.96. The Bertz CT molecular complexity index is 745. The van der Waals surface area contributed by atoms with E-state index in [1.807, 2.05) is 0 Å². The van der Waals surface area contributed by atoms with Crippen LogP contribution in [0.15, 0.2) is 54.6 Å². The molecule has 0 bridgehead atoms. The highest BCUT2D eigenvalue weighted by Crippen LogP contribution is 2.40. The Balaban J connectivity index is 0.00000101. The van der Waals surface area contributed by atoms with Crippen LogP contribution in [-0.4, -0.2) is 28.7 Å². The van der Waals surface area contributed by atoms with Crippen LogP contribution in [0, 0.1) is 11.3 Å². The van der Waals surface area contributed by atoms with Gasteiger partial charge in [-0.2, -0.15) is 5.26 Å². The number of hydrogen-bond acceptors (Lipinski definition) is 2. The van der Waals surface area contributed by atoms with Crippen LogP contribution in [-0.2, 0) is 13.0 Å². The molecule has 2 aromatic rings. The first-order valence-corrected chi connectivity index (χ1v) is 11.9. The van der Waals surface area contributed by atoms with Gasteiger partial charge in [0.25, 0.3) is 0 Å². The van der Waals surface area contributed by atoms with E-state index in [1.165, 1.54) is 36.5 Å². The van der Waals surface area contributed by atoms with Gasteiger partial charge in [0.2, 0.25) is 0 Å². The Kier molecular flexibility index (Phi) is 11.3. The van der Waals surface area contributed by atoms with Crippen molar-refractivity contribution in [3.05, 3.63) is 71.3 Å². The smallest absolute Gasteiger partial charge is 0.0587 e. The van der Waals surface area contributed by atoms with E-state index in [0.717, 1.165) is 38.9 Å². The second-order valence-corrected chi connectivity index (χ2v) is 9.15.